The van der Waals surface area contributed by atoms with Gasteiger partial charge in [-0.1, -0.05) is 102 Å². The molecule has 1 atom stereocenters. The van der Waals surface area contributed by atoms with E-state index in [1.807, 2.05) is 35.0 Å². The summed E-state index contributed by atoms with van der Waals surface area (Å²) < 4.78 is 1.87. The average Bonchev–Trinajstić information content (AvgIpc) is 3.36. The number of tetrazole rings is 1. The third-order valence-corrected chi connectivity index (χ3v) is 7.22. The number of benzene rings is 3. The molecule has 6 nitrogen and oxygen atoms in total. The van der Waals surface area contributed by atoms with E-state index in [9.17, 15) is 0 Å². The molecule has 0 radical (unpaired) electrons. The van der Waals surface area contributed by atoms with Crippen LogP contribution in [0.25, 0.3) is 6.08 Å². The molecule has 5 rings (SSSR count). The molecular formula is C28H28Cl2N6. The number of rotatable bonds is 8. The van der Waals surface area contributed by atoms with Crippen LogP contribution < -0.4 is 0 Å². The molecule has 0 aliphatic carbocycles. The lowest BCUT2D eigenvalue weighted by Gasteiger charge is -2.38. The van der Waals surface area contributed by atoms with E-state index in [1.165, 1.54) is 11.1 Å². The third kappa shape index (κ3) is 6.02. The van der Waals surface area contributed by atoms with E-state index in [0.29, 0.717) is 16.6 Å². The van der Waals surface area contributed by atoms with Crippen molar-refractivity contribution in [3.63, 3.8) is 0 Å². The Morgan fingerprint density at radius 3 is 2.28 bits per heavy atom. The zero-order valence-electron chi connectivity index (χ0n) is 19.9. The predicted molar refractivity (Wildman–Crippen MR) is 145 cm³/mol. The molecule has 1 fully saturated rings. The fourth-order valence-corrected chi connectivity index (χ4v) is 4.92. The van der Waals surface area contributed by atoms with Gasteiger partial charge in [0, 0.05) is 32.7 Å². The maximum Gasteiger partial charge on any atom is 0.173 e. The SMILES string of the molecule is Clc1ccc(Cn2nnnc2C(c2ccccc2)N2CCN(C/C=C/c3ccccc3)CC2)cc1Cl. The largest absolute Gasteiger partial charge is 0.297 e. The van der Waals surface area contributed by atoms with Crippen molar-refractivity contribution in [2.45, 2.75) is 12.6 Å². The molecule has 184 valence electrons. The third-order valence-electron chi connectivity index (χ3n) is 6.48. The zero-order valence-corrected chi connectivity index (χ0v) is 21.4. The van der Waals surface area contributed by atoms with Gasteiger partial charge in [-0.2, -0.15) is 0 Å². The Bertz CT molecular complexity index is 1280. The maximum absolute atomic E-state index is 6.25. The van der Waals surface area contributed by atoms with Gasteiger partial charge >= 0.3 is 0 Å². The molecule has 1 aromatic heterocycles. The van der Waals surface area contributed by atoms with Gasteiger partial charge in [0.15, 0.2) is 5.82 Å². The lowest BCUT2D eigenvalue weighted by molar-refractivity contribution is 0.113. The summed E-state index contributed by atoms with van der Waals surface area (Å²) in [5, 5.41) is 13.9. The van der Waals surface area contributed by atoms with Crippen LogP contribution >= 0.6 is 23.2 Å². The first-order valence-electron chi connectivity index (χ1n) is 12.1. The molecule has 1 unspecified atom stereocenters. The molecule has 1 aliphatic heterocycles. The quantitative estimate of drug-likeness (QED) is 0.310. The van der Waals surface area contributed by atoms with Gasteiger partial charge in [0.1, 0.15) is 0 Å². The zero-order chi connectivity index (χ0) is 24.7. The number of aromatic nitrogens is 4. The smallest absolute Gasteiger partial charge is 0.173 e. The molecule has 0 N–H and O–H groups in total. The average molecular weight is 519 g/mol. The Morgan fingerprint density at radius 2 is 1.56 bits per heavy atom. The van der Waals surface area contributed by atoms with E-state index in [4.69, 9.17) is 23.2 Å². The number of hydrogen-bond acceptors (Lipinski definition) is 5. The number of nitrogens with zero attached hydrogens (tertiary/aromatic N) is 6. The summed E-state index contributed by atoms with van der Waals surface area (Å²) in [6.45, 7) is 5.28. The van der Waals surface area contributed by atoms with Crippen LogP contribution in [0.5, 0.6) is 0 Å². The number of hydrogen-bond donors (Lipinski definition) is 0. The van der Waals surface area contributed by atoms with E-state index in [2.05, 4.69) is 86.0 Å². The molecule has 4 aromatic rings. The van der Waals surface area contributed by atoms with Crippen LogP contribution in [0, 0.1) is 0 Å². The van der Waals surface area contributed by atoms with Crippen LogP contribution in [0.4, 0.5) is 0 Å². The van der Waals surface area contributed by atoms with Crippen LogP contribution in [0.1, 0.15) is 28.6 Å². The maximum atomic E-state index is 6.25. The van der Waals surface area contributed by atoms with Crippen LogP contribution in [-0.2, 0) is 6.54 Å². The molecule has 0 bridgehead atoms. The number of halogens is 2. The van der Waals surface area contributed by atoms with E-state index in [-0.39, 0.29) is 6.04 Å². The molecule has 0 amide bonds. The lowest BCUT2D eigenvalue weighted by Crippen LogP contribution is -2.48. The fraction of sp³-hybridized carbons (Fsp3) is 0.250. The number of piperazine rings is 1. The van der Waals surface area contributed by atoms with Crippen molar-refractivity contribution in [1.82, 2.24) is 30.0 Å². The predicted octanol–water partition coefficient (Wildman–Crippen LogP) is 5.45. The second-order valence-electron chi connectivity index (χ2n) is 8.91. The van der Waals surface area contributed by atoms with Gasteiger partial charge in [-0.25, -0.2) is 4.68 Å². The van der Waals surface area contributed by atoms with Gasteiger partial charge < -0.3 is 0 Å². The van der Waals surface area contributed by atoms with Gasteiger partial charge in [-0.05, 0) is 39.2 Å². The summed E-state index contributed by atoms with van der Waals surface area (Å²) in [7, 11) is 0. The Hall–Kier alpha value is -3.03. The van der Waals surface area contributed by atoms with Crippen LogP contribution in [0.3, 0.4) is 0 Å². The highest BCUT2D eigenvalue weighted by molar-refractivity contribution is 6.42. The minimum atomic E-state index is -0.0361. The van der Waals surface area contributed by atoms with Gasteiger partial charge in [-0.3, -0.25) is 9.80 Å². The normalized spacial score (nSPS) is 15.9. The summed E-state index contributed by atoms with van der Waals surface area (Å²) in [6, 6.07) is 26.5. The highest BCUT2D eigenvalue weighted by Gasteiger charge is 2.30. The summed E-state index contributed by atoms with van der Waals surface area (Å²) in [6.07, 6.45) is 4.44. The Morgan fingerprint density at radius 1 is 0.833 bits per heavy atom. The van der Waals surface area contributed by atoms with E-state index < -0.39 is 0 Å². The first kappa shape index (κ1) is 24.7. The van der Waals surface area contributed by atoms with Gasteiger partial charge in [0.05, 0.1) is 22.6 Å². The Labute approximate surface area is 221 Å². The fourth-order valence-electron chi connectivity index (χ4n) is 4.60. The molecule has 2 heterocycles. The molecule has 1 aliphatic rings. The van der Waals surface area contributed by atoms with Crippen molar-refractivity contribution >= 4 is 29.3 Å². The second kappa shape index (κ2) is 11.8. The van der Waals surface area contributed by atoms with Crippen molar-refractivity contribution in [2.24, 2.45) is 0 Å². The van der Waals surface area contributed by atoms with Crippen LogP contribution in [0.15, 0.2) is 84.9 Å². The Kier molecular flexibility index (Phi) is 8.08. The van der Waals surface area contributed by atoms with E-state index >= 15 is 0 Å². The lowest BCUT2D eigenvalue weighted by atomic mass is 10.0. The van der Waals surface area contributed by atoms with Crippen molar-refractivity contribution in [1.29, 1.82) is 0 Å². The first-order chi connectivity index (χ1) is 17.7. The summed E-state index contributed by atoms with van der Waals surface area (Å²) in [4.78, 5) is 4.96. The van der Waals surface area contributed by atoms with Crippen LogP contribution in [0.2, 0.25) is 10.0 Å². The summed E-state index contributed by atoms with van der Waals surface area (Å²) in [5.41, 5.74) is 3.41. The first-order valence-corrected chi connectivity index (χ1v) is 12.9. The molecule has 0 saturated carbocycles. The topological polar surface area (TPSA) is 50.1 Å². The molecule has 1 saturated heterocycles. The standard InChI is InChI=1S/C28H28Cl2N6/c29-25-14-13-23(20-26(25)30)21-36-28(31-32-33-36)27(24-11-5-2-6-12-24)35-18-16-34(17-19-35)15-7-10-22-8-3-1-4-9-22/h1-14,20,27H,15-19,21H2/b10-7+. The molecule has 8 heteroatoms. The molecule has 3 aromatic carbocycles. The summed E-state index contributed by atoms with van der Waals surface area (Å²) >= 11 is 12.4. The molecular weight excluding hydrogens is 491 g/mol. The van der Waals surface area contributed by atoms with Crippen molar-refractivity contribution in [3.8, 4) is 0 Å². The van der Waals surface area contributed by atoms with E-state index in [0.717, 1.165) is 44.1 Å². The minimum absolute atomic E-state index is 0.0361. The van der Waals surface area contributed by atoms with Gasteiger partial charge in [-0.15, -0.1) is 5.10 Å². The van der Waals surface area contributed by atoms with Crippen molar-refractivity contribution < 1.29 is 0 Å². The van der Waals surface area contributed by atoms with Gasteiger partial charge in [0.25, 0.3) is 0 Å². The molecule has 36 heavy (non-hydrogen) atoms. The highest BCUT2D eigenvalue weighted by atomic mass is 35.5. The van der Waals surface area contributed by atoms with Crippen molar-refractivity contribution in [2.75, 3.05) is 32.7 Å². The van der Waals surface area contributed by atoms with Crippen LogP contribution in [-0.4, -0.2) is 62.7 Å². The summed E-state index contributed by atoms with van der Waals surface area (Å²) in [5.74, 6) is 0.824. The highest BCUT2D eigenvalue weighted by Crippen LogP contribution is 2.29. The van der Waals surface area contributed by atoms with Gasteiger partial charge in [0.2, 0.25) is 0 Å². The van der Waals surface area contributed by atoms with Crippen molar-refractivity contribution in [3.05, 3.63) is 117 Å². The Balaban J connectivity index is 1.31. The minimum Gasteiger partial charge on any atom is -0.297 e. The molecule has 0 spiro atoms. The van der Waals surface area contributed by atoms with E-state index in [1.54, 1.807) is 0 Å². The monoisotopic (exact) mass is 518 g/mol. The second-order valence-corrected chi connectivity index (χ2v) is 9.72.